The fraction of sp³-hybridized carbons (Fsp3) is 0.429. The van der Waals surface area contributed by atoms with E-state index in [1.807, 2.05) is 33.2 Å². The molecule has 30 heavy (non-hydrogen) atoms. The Morgan fingerprint density at radius 1 is 1.33 bits per heavy atom. The van der Waals surface area contributed by atoms with Crippen molar-refractivity contribution in [1.29, 1.82) is 0 Å². The van der Waals surface area contributed by atoms with Crippen molar-refractivity contribution in [2.45, 2.75) is 38.0 Å². The van der Waals surface area contributed by atoms with E-state index in [4.69, 9.17) is 4.74 Å². The minimum absolute atomic E-state index is 0.192. The number of hydrogen-bond donors (Lipinski definition) is 1. The number of hydrogen-bond acceptors (Lipinski definition) is 6. The molecule has 1 unspecified atom stereocenters. The maximum atomic E-state index is 12.6. The van der Waals surface area contributed by atoms with E-state index in [2.05, 4.69) is 19.9 Å². The van der Waals surface area contributed by atoms with E-state index in [0.717, 1.165) is 17.2 Å². The van der Waals surface area contributed by atoms with Gasteiger partial charge in [-0.25, -0.2) is 9.67 Å². The molecule has 5 rings (SSSR count). The zero-order valence-corrected chi connectivity index (χ0v) is 18.1. The van der Waals surface area contributed by atoms with Crippen LogP contribution in [0.15, 0.2) is 35.5 Å². The number of amides is 1. The summed E-state index contributed by atoms with van der Waals surface area (Å²) in [5.41, 5.74) is 2.79. The molecule has 1 atom stereocenters. The Kier molecular flexibility index (Phi) is 4.57. The van der Waals surface area contributed by atoms with Crippen molar-refractivity contribution in [2.24, 2.45) is 18.4 Å². The Labute approximate surface area is 179 Å². The molecule has 0 bridgehead atoms. The zero-order chi connectivity index (χ0) is 20.9. The van der Waals surface area contributed by atoms with Gasteiger partial charge in [0.2, 0.25) is 5.88 Å². The molecule has 9 heteroatoms. The number of carbonyl (C=O) groups is 1. The van der Waals surface area contributed by atoms with Gasteiger partial charge in [-0.05, 0) is 68.5 Å². The summed E-state index contributed by atoms with van der Waals surface area (Å²) >= 11 is 1.26. The maximum absolute atomic E-state index is 12.6. The van der Waals surface area contributed by atoms with Crippen LogP contribution in [0.2, 0.25) is 0 Å². The summed E-state index contributed by atoms with van der Waals surface area (Å²) < 4.78 is 12.2. The van der Waals surface area contributed by atoms with Gasteiger partial charge in [0, 0.05) is 19.3 Å². The molecular weight excluding hydrogens is 400 g/mol. The van der Waals surface area contributed by atoms with Gasteiger partial charge in [-0.2, -0.15) is 5.10 Å². The highest BCUT2D eigenvalue weighted by molar-refractivity contribution is 7.98. The Morgan fingerprint density at radius 2 is 2.17 bits per heavy atom. The van der Waals surface area contributed by atoms with Gasteiger partial charge < -0.3 is 4.74 Å². The first kappa shape index (κ1) is 19.2. The molecule has 8 nitrogen and oxygen atoms in total. The number of ether oxygens (including phenoxy) is 1. The molecule has 0 aliphatic heterocycles. The topological polar surface area (TPSA) is 86.9 Å². The van der Waals surface area contributed by atoms with E-state index in [1.54, 1.807) is 27.7 Å². The number of carbonyl (C=O) groups excluding carboxylic acids is 1. The molecule has 3 heterocycles. The van der Waals surface area contributed by atoms with Crippen molar-refractivity contribution < 1.29 is 9.53 Å². The van der Waals surface area contributed by atoms with Crippen LogP contribution in [0.1, 0.15) is 41.0 Å². The van der Waals surface area contributed by atoms with E-state index in [0.29, 0.717) is 34.3 Å². The van der Waals surface area contributed by atoms with Crippen LogP contribution in [0.25, 0.3) is 5.82 Å². The van der Waals surface area contributed by atoms with Gasteiger partial charge in [0.15, 0.2) is 5.82 Å². The summed E-state index contributed by atoms with van der Waals surface area (Å²) in [4.78, 5) is 18.0. The third-order valence-electron chi connectivity index (χ3n) is 6.24. The second-order valence-electron chi connectivity index (χ2n) is 8.23. The van der Waals surface area contributed by atoms with Crippen molar-refractivity contribution in [3.05, 3.63) is 47.5 Å². The quantitative estimate of drug-likeness (QED) is 0.586. The fourth-order valence-electron chi connectivity index (χ4n) is 3.79. The minimum atomic E-state index is -0.192. The van der Waals surface area contributed by atoms with Crippen molar-refractivity contribution in [3.63, 3.8) is 0 Å². The third-order valence-corrected chi connectivity index (χ3v) is 7.15. The van der Waals surface area contributed by atoms with Crippen molar-refractivity contribution in [1.82, 2.24) is 29.3 Å². The van der Waals surface area contributed by atoms with Crippen LogP contribution < -0.4 is 9.46 Å². The lowest BCUT2D eigenvalue weighted by molar-refractivity contribution is 0.0983. The highest BCUT2D eigenvalue weighted by atomic mass is 32.2. The SMILES string of the molecule is Cc1nc(-n2ccc(OCC3CC34CC4)n2)ccc1C(=O)NSc1cnn(C)c1C. The molecule has 3 aromatic rings. The summed E-state index contributed by atoms with van der Waals surface area (Å²) in [7, 11) is 1.87. The lowest BCUT2D eigenvalue weighted by atomic mass is 10.2. The van der Waals surface area contributed by atoms with Gasteiger partial charge >= 0.3 is 0 Å². The summed E-state index contributed by atoms with van der Waals surface area (Å²) in [6.45, 7) is 4.53. The van der Waals surface area contributed by atoms with Gasteiger partial charge in [0.25, 0.3) is 5.91 Å². The van der Waals surface area contributed by atoms with Crippen LogP contribution in [-0.2, 0) is 7.05 Å². The molecule has 3 aromatic heterocycles. The highest BCUT2D eigenvalue weighted by Gasteiger charge is 2.62. The molecule has 1 N–H and O–H groups in total. The molecule has 2 aliphatic rings. The second kappa shape index (κ2) is 7.16. The molecule has 0 saturated heterocycles. The molecular formula is C21H24N6O2S. The summed E-state index contributed by atoms with van der Waals surface area (Å²) in [5.74, 6) is 1.78. The molecule has 2 saturated carbocycles. The van der Waals surface area contributed by atoms with Crippen LogP contribution in [0.4, 0.5) is 0 Å². The summed E-state index contributed by atoms with van der Waals surface area (Å²) in [5, 5.41) is 8.65. The summed E-state index contributed by atoms with van der Waals surface area (Å²) in [6.07, 6.45) is 7.59. The summed E-state index contributed by atoms with van der Waals surface area (Å²) in [6, 6.07) is 5.41. The lowest BCUT2D eigenvalue weighted by Gasteiger charge is -2.08. The Morgan fingerprint density at radius 3 is 2.83 bits per heavy atom. The predicted molar refractivity (Wildman–Crippen MR) is 113 cm³/mol. The lowest BCUT2D eigenvalue weighted by Crippen LogP contribution is -2.18. The van der Waals surface area contributed by atoms with Crippen molar-refractivity contribution in [2.75, 3.05) is 6.61 Å². The first-order chi connectivity index (χ1) is 14.4. The third kappa shape index (κ3) is 3.58. The number of aryl methyl sites for hydroxylation is 2. The van der Waals surface area contributed by atoms with Crippen molar-refractivity contribution in [3.8, 4) is 11.7 Å². The van der Waals surface area contributed by atoms with Gasteiger partial charge in [0.1, 0.15) is 0 Å². The van der Waals surface area contributed by atoms with Gasteiger partial charge in [-0.1, -0.05) is 0 Å². The Bertz CT molecular complexity index is 1120. The molecule has 0 radical (unpaired) electrons. The van der Waals surface area contributed by atoms with Crippen LogP contribution in [-0.4, -0.2) is 37.1 Å². The van der Waals surface area contributed by atoms with Crippen molar-refractivity contribution >= 4 is 17.9 Å². The molecule has 1 amide bonds. The second-order valence-corrected chi connectivity index (χ2v) is 9.07. The zero-order valence-electron chi connectivity index (χ0n) is 17.3. The number of nitrogens with one attached hydrogen (secondary N) is 1. The van der Waals surface area contributed by atoms with Gasteiger partial charge in [-0.15, -0.1) is 5.10 Å². The van der Waals surface area contributed by atoms with E-state index in [-0.39, 0.29) is 5.91 Å². The van der Waals surface area contributed by atoms with Crippen LogP contribution in [0, 0.1) is 25.2 Å². The normalized spacial score (nSPS) is 18.4. The number of pyridine rings is 1. The van der Waals surface area contributed by atoms with Gasteiger partial charge in [0.05, 0.1) is 34.7 Å². The van der Waals surface area contributed by atoms with Crippen LogP contribution >= 0.6 is 11.9 Å². The molecule has 156 valence electrons. The van der Waals surface area contributed by atoms with E-state index in [1.165, 1.54) is 31.2 Å². The molecule has 2 fully saturated rings. The van der Waals surface area contributed by atoms with Crippen LogP contribution in [0.5, 0.6) is 5.88 Å². The first-order valence-corrected chi connectivity index (χ1v) is 10.9. The van der Waals surface area contributed by atoms with Gasteiger partial charge in [-0.3, -0.25) is 14.2 Å². The number of rotatable bonds is 7. The molecule has 1 spiro atoms. The molecule has 2 aliphatic carbocycles. The average Bonchev–Trinajstić information content (AvgIpc) is 3.57. The van der Waals surface area contributed by atoms with E-state index < -0.39 is 0 Å². The smallest absolute Gasteiger partial charge is 0.263 e. The van der Waals surface area contributed by atoms with E-state index in [9.17, 15) is 4.79 Å². The standard InChI is InChI=1S/C21H24N6O2S/c1-13-16(20(28)25-30-17-11-22-26(3)14(17)2)4-5-18(23-13)27-9-6-19(24-27)29-12-15-10-21(15)7-8-21/h4-6,9,11,15H,7-8,10,12H2,1-3H3,(H,25,28). The Hall–Kier alpha value is -2.81. The number of nitrogens with zero attached hydrogens (tertiary/aromatic N) is 5. The van der Waals surface area contributed by atoms with E-state index >= 15 is 0 Å². The maximum Gasteiger partial charge on any atom is 0.263 e. The minimum Gasteiger partial charge on any atom is -0.476 e. The largest absolute Gasteiger partial charge is 0.476 e. The predicted octanol–water partition coefficient (Wildman–Crippen LogP) is 3.23. The Balaban J connectivity index is 1.22. The fourth-order valence-corrected chi connectivity index (χ4v) is 4.48. The molecule has 0 aromatic carbocycles. The first-order valence-electron chi connectivity index (χ1n) is 10.1. The monoisotopic (exact) mass is 424 g/mol. The van der Waals surface area contributed by atoms with Crippen LogP contribution in [0.3, 0.4) is 0 Å². The average molecular weight is 425 g/mol. The number of aromatic nitrogens is 5. The highest BCUT2D eigenvalue weighted by Crippen LogP contribution is 2.70.